The Morgan fingerprint density at radius 3 is 2.44 bits per heavy atom. The van der Waals surface area contributed by atoms with Gasteiger partial charge in [-0.1, -0.05) is 13.8 Å². The number of fused-ring (bicyclic) bond motifs is 5. The van der Waals surface area contributed by atoms with Crippen LogP contribution >= 0.6 is 0 Å². The van der Waals surface area contributed by atoms with Crippen LogP contribution in [0.5, 0.6) is 0 Å². The standard InChI is InChI=1S/C21H34O6/c1-19-7-5-12(22)9-11(19)3-4-13-14-6-8-21(27,17(24)18(25)26)20(14,2)10-15(23)16(13)19/h11-17,22-24,27H,3-10H2,1-2H3,(H,25,26)/t11-,12+,13+,14+,15+,16-,17-,19+,20+,21+/m1/s1. The molecule has 0 aromatic heterocycles. The summed E-state index contributed by atoms with van der Waals surface area (Å²) in [5, 5.41) is 52.2. The van der Waals surface area contributed by atoms with Gasteiger partial charge < -0.3 is 25.5 Å². The van der Waals surface area contributed by atoms with E-state index in [0.29, 0.717) is 18.8 Å². The van der Waals surface area contributed by atoms with Crippen molar-refractivity contribution < 1.29 is 30.3 Å². The monoisotopic (exact) mass is 382 g/mol. The smallest absolute Gasteiger partial charge is 0.335 e. The van der Waals surface area contributed by atoms with E-state index in [4.69, 9.17) is 0 Å². The summed E-state index contributed by atoms with van der Waals surface area (Å²) in [6, 6.07) is 0. The summed E-state index contributed by atoms with van der Waals surface area (Å²) in [5.74, 6) is -0.537. The molecule has 6 nitrogen and oxygen atoms in total. The SMILES string of the molecule is C[C@]12CC[C@H](O)C[C@H]1CC[C@@H]1[C@@H]2[C@@H](O)C[C@@]2(C)[C@H]1CC[C@]2(O)[C@H](O)C(=O)O. The third-order valence-corrected chi connectivity index (χ3v) is 9.47. The van der Waals surface area contributed by atoms with Crippen molar-refractivity contribution in [1.82, 2.24) is 0 Å². The van der Waals surface area contributed by atoms with Crippen molar-refractivity contribution in [2.24, 2.45) is 34.5 Å². The molecule has 0 heterocycles. The molecule has 27 heavy (non-hydrogen) atoms. The zero-order chi connectivity index (χ0) is 19.8. The van der Waals surface area contributed by atoms with Gasteiger partial charge in [-0.15, -0.1) is 0 Å². The second-order valence-corrected chi connectivity index (χ2v) is 10.4. The van der Waals surface area contributed by atoms with Gasteiger partial charge in [-0.25, -0.2) is 4.79 Å². The van der Waals surface area contributed by atoms with E-state index in [1.165, 1.54) is 0 Å². The fourth-order valence-corrected chi connectivity index (χ4v) is 8.05. The molecule has 0 unspecified atom stereocenters. The van der Waals surface area contributed by atoms with Gasteiger partial charge in [0.05, 0.1) is 12.2 Å². The van der Waals surface area contributed by atoms with Gasteiger partial charge in [0.1, 0.15) is 5.60 Å². The second-order valence-electron chi connectivity index (χ2n) is 10.4. The average Bonchev–Trinajstić information content (AvgIpc) is 2.86. The fourth-order valence-electron chi connectivity index (χ4n) is 8.05. The first kappa shape index (κ1) is 19.6. The zero-order valence-electron chi connectivity index (χ0n) is 16.3. The lowest BCUT2D eigenvalue weighted by Gasteiger charge is -2.63. The van der Waals surface area contributed by atoms with Crippen molar-refractivity contribution in [3.05, 3.63) is 0 Å². The molecule has 5 N–H and O–H groups in total. The molecule has 4 fully saturated rings. The average molecular weight is 382 g/mol. The Hall–Kier alpha value is -0.690. The highest BCUT2D eigenvalue weighted by molar-refractivity contribution is 5.74. The number of carboxylic acids is 1. The van der Waals surface area contributed by atoms with E-state index < -0.39 is 29.2 Å². The third-order valence-electron chi connectivity index (χ3n) is 9.47. The Morgan fingerprint density at radius 2 is 1.78 bits per heavy atom. The van der Waals surface area contributed by atoms with Crippen LogP contribution in [0.15, 0.2) is 0 Å². The molecule has 0 bridgehead atoms. The quantitative estimate of drug-likeness (QED) is 0.494. The predicted molar refractivity (Wildman–Crippen MR) is 97.7 cm³/mol. The van der Waals surface area contributed by atoms with E-state index in [0.717, 1.165) is 32.1 Å². The number of rotatable bonds is 2. The van der Waals surface area contributed by atoms with Crippen molar-refractivity contribution in [2.75, 3.05) is 0 Å². The van der Waals surface area contributed by atoms with Gasteiger partial charge >= 0.3 is 5.97 Å². The maximum absolute atomic E-state index is 11.4. The van der Waals surface area contributed by atoms with Crippen molar-refractivity contribution in [1.29, 1.82) is 0 Å². The third kappa shape index (κ3) is 2.49. The minimum atomic E-state index is -1.83. The Morgan fingerprint density at radius 1 is 1.07 bits per heavy atom. The summed E-state index contributed by atoms with van der Waals surface area (Å²) in [6.07, 6.45) is 3.01. The van der Waals surface area contributed by atoms with Gasteiger partial charge in [0, 0.05) is 5.41 Å². The molecule has 6 heteroatoms. The lowest BCUT2D eigenvalue weighted by molar-refractivity contribution is -0.223. The van der Waals surface area contributed by atoms with E-state index in [-0.39, 0.29) is 35.7 Å². The molecule has 0 saturated heterocycles. The van der Waals surface area contributed by atoms with Crippen LogP contribution in [0.25, 0.3) is 0 Å². The normalized spacial score (nSPS) is 55.9. The van der Waals surface area contributed by atoms with Crippen LogP contribution < -0.4 is 0 Å². The Bertz CT molecular complexity index is 624. The zero-order valence-corrected chi connectivity index (χ0v) is 16.3. The highest BCUT2D eigenvalue weighted by Crippen LogP contribution is 2.68. The molecule has 154 valence electrons. The van der Waals surface area contributed by atoms with Crippen molar-refractivity contribution in [2.45, 2.75) is 89.1 Å². The number of carbonyl (C=O) groups is 1. The number of aliphatic hydroxyl groups excluding tert-OH is 3. The summed E-state index contributed by atoms with van der Waals surface area (Å²) in [7, 11) is 0. The molecule has 4 aliphatic rings. The van der Waals surface area contributed by atoms with Crippen molar-refractivity contribution >= 4 is 5.97 Å². The van der Waals surface area contributed by atoms with Crippen LogP contribution in [0.3, 0.4) is 0 Å². The molecule has 0 amide bonds. The molecular weight excluding hydrogens is 348 g/mol. The number of hydrogen-bond donors (Lipinski definition) is 5. The van der Waals surface area contributed by atoms with Gasteiger partial charge in [-0.2, -0.15) is 0 Å². The minimum absolute atomic E-state index is 0.0188. The maximum Gasteiger partial charge on any atom is 0.335 e. The van der Waals surface area contributed by atoms with Crippen LogP contribution in [-0.4, -0.2) is 55.4 Å². The molecule has 4 aliphatic carbocycles. The maximum atomic E-state index is 11.4. The number of aliphatic carboxylic acids is 1. The van der Waals surface area contributed by atoms with Gasteiger partial charge in [0.25, 0.3) is 0 Å². The first-order valence-corrected chi connectivity index (χ1v) is 10.5. The highest BCUT2D eigenvalue weighted by atomic mass is 16.4. The number of carboxylic acid groups (broad SMARTS) is 1. The summed E-state index contributed by atoms with van der Waals surface area (Å²) < 4.78 is 0. The largest absolute Gasteiger partial charge is 0.479 e. The van der Waals surface area contributed by atoms with Crippen LogP contribution in [0.4, 0.5) is 0 Å². The molecule has 0 aromatic carbocycles. The lowest BCUT2D eigenvalue weighted by Crippen LogP contribution is -2.64. The summed E-state index contributed by atoms with van der Waals surface area (Å²) >= 11 is 0. The molecule has 0 aromatic rings. The molecular formula is C21H34O6. The number of hydrogen-bond acceptors (Lipinski definition) is 5. The predicted octanol–water partition coefficient (Wildman–Crippen LogP) is 1.54. The van der Waals surface area contributed by atoms with Crippen LogP contribution in [0.1, 0.15) is 65.2 Å². The molecule has 0 spiro atoms. The molecule has 0 aliphatic heterocycles. The first-order valence-electron chi connectivity index (χ1n) is 10.5. The highest BCUT2D eigenvalue weighted by Gasteiger charge is 2.69. The van der Waals surface area contributed by atoms with Crippen molar-refractivity contribution in [3.8, 4) is 0 Å². The fraction of sp³-hybridized carbons (Fsp3) is 0.952. The Kier molecular flexibility index (Phi) is 4.47. The van der Waals surface area contributed by atoms with Gasteiger partial charge in [-0.05, 0) is 80.5 Å². The first-order chi connectivity index (χ1) is 12.5. The van der Waals surface area contributed by atoms with Crippen LogP contribution in [0.2, 0.25) is 0 Å². The molecule has 4 saturated carbocycles. The molecule has 4 rings (SSSR count). The van der Waals surface area contributed by atoms with Crippen LogP contribution in [-0.2, 0) is 4.79 Å². The topological polar surface area (TPSA) is 118 Å². The van der Waals surface area contributed by atoms with Gasteiger partial charge in [0.15, 0.2) is 6.10 Å². The molecule has 0 radical (unpaired) electrons. The summed E-state index contributed by atoms with van der Waals surface area (Å²) in [5.41, 5.74) is -2.52. The molecule has 10 atom stereocenters. The second kappa shape index (κ2) is 6.15. The van der Waals surface area contributed by atoms with E-state index in [2.05, 4.69) is 6.92 Å². The summed E-state index contributed by atoms with van der Waals surface area (Å²) in [6.45, 7) is 4.13. The number of aliphatic hydroxyl groups is 4. The Balaban J connectivity index is 1.68. The van der Waals surface area contributed by atoms with E-state index in [9.17, 15) is 30.3 Å². The Labute approximate surface area is 160 Å². The van der Waals surface area contributed by atoms with Gasteiger partial charge in [0.2, 0.25) is 0 Å². The van der Waals surface area contributed by atoms with E-state index >= 15 is 0 Å². The lowest BCUT2D eigenvalue weighted by atomic mass is 9.43. The minimum Gasteiger partial charge on any atom is -0.479 e. The van der Waals surface area contributed by atoms with Crippen LogP contribution in [0, 0.1) is 34.5 Å². The van der Waals surface area contributed by atoms with Crippen molar-refractivity contribution in [3.63, 3.8) is 0 Å². The van der Waals surface area contributed by atoms with Gasteiger partial charge in [-0.3, -0.25) is 0 Å². The van der Waals surface area contributed by atoms with E-state index in [1.54, 1.807) is 0 Å². The summed E-state index contributed by atoms with van der Waals surface area (Å²) in [4.78, 5) is 11.4. The van der Waals surface area contributed by atoms with E-state index in [1.807, 2.05) is 6.92 Å².